The first-order valence-corrected chi connectivity index (χ1v) is 10.2. The predicted octanol–water partition coefficient (Wildman–Crippen LogP) is 5.99. The third-order valence-corrected chi connectivity index (χ3v) is 5.51. The van der Waals surface area contributed by atoms with Gasteiger partial charge >= 0.3 is 6.09 Å². The summed E-state index contributed by atoms with van der Waals surface area (Å²) in [6, 6.07) is 21.5. The summed E-state index contributed by atoms with van der Waals surface area (Å²) in [4.78, 5) is 12.1. The predicted molar refractivity (Wildman–Crippen MR) is 120 cm³/mol. The lowest BCUT2D eigenvalue weighted by Gasteiger charge is -2.14. The molecule has 4 rings (SSSR count). The van der Waals surface area contributed by atoms with E-state index < -0.39 is 6.09 Å². The molecule has 152 valence electrons. The molecule has 0 heterocycles. The highest BCUT2D eigenvalue weighted by Gasteiger charge is 2.28. The molecule has 5 heteroatoms. The van der Waals surface area contributed by atoms with Crippen molar-refractivity contribution in [2.45, 2.75) is 12.3 Å². The van der Waals surface area contributed by atoms with Crippen molar-refractivity contribution < 1.29 is 14.6 Å². The molecule has 0 aromatic heterocycles. The molecule has 0 fully saturated rings. The molecule has 0 bridgehead atoms. The van der Waals surface area contributed by atoms with Gasteiger partial charge in [0.05, 0.1) is 5.02 Å². The van der Waals surface area contributed by atoms with Crippen LogP contribution in [0, 0.1) is 0 Å². The highest BCUT2D eigenvalue weighted by molar-refractivity contribution is 6.32. The quantitative estimate of drug-likeness (QED) is 0.482. The number of hydrogen-bond donors (Lipinski definition) is 2. The summed E-state index contributed by atoms with van der Waals surface area (Å²) in [6.45, 7) is 0.778. The van der Waals surface area contributed by atoms with E-state index in [9.17, 15) is 9.90 Å². The smallest absolute Gasteiger partial charge is 0.407 e. The summed E-state index contributed by atoms with van der Waals surface area (Å²) >= 11 is 5.89. The summed E-state index contributed by atoms with van der Waals surface area (Å²) in [6.07, 6.45) is 4.07. The Balaban J connectivity index is 1.27. The molecule has 30 heavy (non-hydrogen) atoms. The van der Waals surface area contributed by atoms with Gasteiger partial charge in [-0.3, -0.25) is 0 Å². The average molecular weight is 420 g/mol. The van der Waals surface area contributed by atoms with E-state index in [2.05, 4.69) is 29.6 Å². The van der Waals surface area contributed by atoms with Crippen LogP contribution in [0.3, 0.4) is 0 Å². The van der Waals surface area contributed by atoms with Gasteiger partial charge in [0.25, 0.3) is 0 Å². The van der Waals surface area contributed by atoms with Crippen LogP contribution >= 0.6 is 11.6 Å². The van der Waals surface area contributed by atoms with E-state index in [4.69, 9.17) is 16.3 Å². The molecule has 0 saturated heterocycles. The van der Waals surface area contributed by atoms with Crippen LogP contribution in [0.2, 0.25) is 5.02 Å². The van der Waals surface area contributed by atoms with Crippen molar-refractivity contribution in [1.29, 1.82) is 0 Å². The van der Waals surface area contributed by atoms with Gasteiger partial charge in [-0.25, -0.2) is 4.79 Å². The number of rotatable bonds is 6. The topological polar surface area (TPSA) is 58.6 Å². The van der Waals surface area contributed by atoms with Gasteiger partial charge in [0.15, 0.2) is 0 Å². The molecule has 0 radical (unpaired) electrons. The molecule has 1 aliphatic carbocycles. The van der Waals surface area contributed by atoms with Crippen molar-refractivity contribution in [2.24, 2.45) is 0 Å². The summed E-state index contributed by atoms with van der Waals surface area (Å²) in [7, 11) is 0. The average Bonchev–Trinajstić information content (AvgIpc) is 3.08. The van der Waals surface area contributed by atoms with Gasteiger partial charge in [-0.2, -0.15) is 0 Å². The van der Waals surface area contributed by atoms with Crippen LogP contribution in [0.4, 0.5) is 4.79 Å². The number of phenols is 1. The Hall–Kier alpha value is -3.24. The minimum Gasteiger partial charge on any atom is -0.506 e. The number of fused-ring (bicyclic) bond motifs is 3. The summed E-state index contributed by atoms with van der Waals surface area (Å²) < 4.78 is 5.51. The number of carbonyl (C=O) groups is 1. The van der Waals surface area contributed by atoms with E-state index >= 15 is 0 Å². The zero-order chi connectivity index (χ0) is 20.9. The zero-order valence-corrected chi connectivity index (χ0v) is 17.1. The lowest BCUT2D eigenvalue weighted by molar-refractivity contribution is 0.143. The number of ether oxygens (including phenoxy) is 1. The molecule has 0 aliphatic heterocycles. The SMILES string of the molecule is O=C(NCCC=Cc1ccc(O)c(Cl)c1)OCC1c2ccccc2-c2ccccc21. The van der Waals surface area contributed by atoms with Crippen LogP contribution in [0.5, 0.6) is 5.75 Å². The van der Waals surface area contributed by atoms with Crippen LogP contribution in [0.25, 0.3) is 17.2 Å². The number of alkyl carbamates (subject to hydrolysis) is 1. The number of phenolic OH excluding ortho intramolecular Hbond substituents is 1. The normalized spacial score (nSPS) is 12.6. The summed E-state index contributed by atoms with van der Waals surface area (Å²) in [5, 5.41) is 12.5. The zero-order valence-electron chi connectivity index (χ0n) is 16.3. The Morgan fingerprint density at radius 3 is 2.37 bits per heavy atom. The van der Waals surface area contributed by atoms with E-state index in [0.29, 0.717) is 24.6 Å². The number of nitrogens with one attached hydrogen (secondary N) is 1. The summed E-state index contributed by atoms with van der Waals surface area (Å²) in [5.74, 6) is 0.119. The Morgan fingerprint density at radius 1 is 1.03 bits per heavy atom. The number of benzene rings is 3. The standard InChI is InChI=1S/C25H22ClNO3/c26-23-15-17(12-13-24(23)28)7-5-6-14-27-25(29)30-16-22-20-10-3-1-8-18(20)19-9-2-4-11-21(19)22/h1-5,7-13,15,22,28H,6,14,16H2,(H,27,29). The number of hydrogen-bond acceptors (Lipinski definition) is 3. The molecule has 3 aromatic rings. The number of carbonyl (C=O) groups excluding carboxylic acids is 1. The fraction of sp³-hybridized carbons (Fsp3) is 0.160. The molecular formula is C25H22ClNO3. The number of aromatic hydroxyl groups is 1. The fourth-order valence-electron chi connectivity index (χ4n) is 3.75. The van der Waals surface area contributed by atoms with Crippen molar-refractivity contribution in [3.8, 4) is 16.9 Å². The molecular weight excluding hydrogens is 398 g/mol. The first-order chi connectivity index (χ1) is 14.6. The van der Waals surface area contributed by atoms with Crippen LogP contribution in [0.1, 0.15) is 29.0 Å². The van der Waals surface area contributed by atoms with Gasteiger partial charge < -0.3 is 15.2 Å². The lowest BCUT2D eigenvalue weighted by atomic mass is 9.98. The van der Waals surface area contributed by atoms with Gasteiger partial charge in [0.2, 0.25) is 0 Å². The van der Waals surface area contributed by atoms with E-state index in [0.717, 1.165) is 5.56 Å². The van der Waals surface area contributed by atoms with Crippen molar-refractivity contribution in [3.63, 3.8) is 0 Å². The van der Waals surface area contributed by atoms with Gasteiger partial charge in [-0.1, -0.05) is 78.4 Å². The lowest BCUT2D eigenvalue weighted by Crippen LogP contribution is -2.26. The first kappa shape index (κ1) is 20.0. The van der Waals surface area contributed by atoms with E-state index in [-0.39, 0.29) is 11.7 Å². The largest absolute Gasteiger partial charge is 0.506 e. The maximum atomic E-state index is 12.1. The van der Waals surface area contributed by atoms with E-state index in [1.54, 1.807) is 18.2 Å². The van der Waals surface area contributed by atoms with E-state index in [1.807, 2.05) is 36.4 Å². The molecule has 0 atom stereocenters. The minimum atomic E-state index is -0.419. The Bertz CT molecular complexity index is 1050. The molecule has 0 saturated carbocycles. The van der Waals surface area contributed by atoms with Crippen LogP contribution < -0.4 is 5.32 Å². The van der Waals surface area contributed by atoms with Gasteiger partial charge in [-0.05, 0) is 46.4 Å². The number of halogens is 1. The third kappa shape index (κ3) is 4.34. The van der Waals surface area contributed by atoms with Crippen LogP contribution in [0.15, 0.2) is 72.8 Å². The molecule has 1 aliphatic rings. The maximum Gasteiger partial charge on any atom is 0.407 e. The molecule has 0 spiro atoms. The highest BCUT2D eigenvalue weighted by atomic mass is 35.5. The van der Waals surface area contributed by atoms with Crippen LogP contribution in [-0.2, 0) is 4.74 Å². The molecule has 2 N–H and O–H groups in total. The Kier molecular flexibility index (Phi) is 6.05. The number of amides is 1. The van der Waals surface area contributed by atoms with Gasteiger partial charge in [0, 0.05) is 12.5 Å². The second kappa shape index (κ2) is 9.06. The van der Waals surface area contributed by atoms with Crippen LogP contribution in [-0.4, -0.2) is 24.4 Å². The molecule has 4 nitrogen and oxygen atoms in total. The molecule has 0 unspecified atom stereocenters. The maximum absolute atomic E-state index is 12.1. The van der Waals surface area contributed by atoms with E-state index in [1.165, 1.54) is 22.3 Å². The molecule has 3 aromatic carbocycles. The van der Waals surface area contributed by atoms with Gasteiger partial charge in [-0.15, -0.1) is 0 Å². The second-order valence-corrected chi connectivity index (χ2v) is 7.56. The Labute approximate surface area is 180 Å². The summed E-state index contributed by atoms with van der Waals surface area (Å²) in [5.41, 5.74) is 5.70. The van der Waals surface area contributed by atoms with Crippen molar-refractivity contribution in [1.82, 2.24) is 5.32 Å². The minimum absolute atomic E-state index is 0.0577. The highest BCUT2D eigenvalue weighted by Crippen LogP contribution is 2.44. The Morgan fingerprint density at radius 2 is 1.70 bits per heavy atom. The third-order valence-electron chi connectivity index (χ3n) is 5.21. The molecule has 1 amide bonds. The second-order valence-electron chi connectivity index (χ2n) is 7.15. The first-order valence-electron chi connectivity index (χ1n) is 9.87. The monoisotopic (exact) mass is 419 g/mol. The fourth-order valence-corrected chi connectivity index (χ4v) is 3.94. The van der Waals surface area contributed by atoms with Crippen molar-refractivity contribution >= 4 is 23.8 Å². The van der Waals surface area contributed by atoms with Gasteiger partial charge in [0.1, 0.15) is 12.4 Å². The van der Waals surface area contributed by atoms with Crippen molar-refractivity contribution in [3.05, 3.63) is 94.5 Å². The van der Waals surface area contributed by atoms with Crippen molar-refractivity contribution in [2.75, 3.05) is 13.2 Å².